The summed E-state index contributed by atoms with van der Waals surface area (Å²) in [6.07, 6.45) is 5.83. The maximum absolute atomic E-state index is 2.45. The van der Waals surface area contributed by atoms with Gasteiger partial charge >= 0.3 is 0 Å². The van der Waals surface area contributed by atoms with E-state index in [1.807, 2.05) is 0 Å². The molecule has 3 aromatic rings. The van der Waals surface area contributed by atoms with Crippen LogP contribution in [0.2, 0.25) is 0 Å². The highest BCUT2D eigenvalue weighted by atomic mass is 31.1. The van der Waals surface area contributed by atoms with E-state index < -0.39 is 0 Å². The Hall–Kier alpha value is -2.17. The molecule has 0 N–H and O–H groups in total. The molecule has 0 nitrogen and oxygen atoms in total. The molecule has 0 fully saturated rings. The molecule has 25 heavy (non-hydrogen) atoms. The fourth-order valence-electron chi connectivity index (χ4n) is 2.91. The van der Waals surface area contributed by atoms with E-state index in [2.05, 4.69) is 104 Å². The molecule has 0 radical (unpaired) electrons. The van der Waals surface area contributed by atoms with Crippen molar-refractivity contribution in [2.75, 3.05) is 6.16 Å². The van der Waals surface area contributed by atoms with Crippen LogP contribution in [0.4, 0.5) is 0 Å². The third-order valence-corrected chi connectivity index (χ3v) is 6.80. The van der Waals surface area contributed by atoms with Gasteiger partial charge < -0.3 is 0 Å². The third-order valence-electron chi connectivity index (χ3n) is 4.41. The Morgan fingerprint density at radius 3 is 1.72 bits per heavy atom. The second-order valence-corrected chi connectivity index (χ2v) is 8.57. The standard InChI is InChI=1S/C24H25P/c1-21(17-18-22-11-5-2-6-12-22)19-20-25(23-13-7-3-8-14-23)24-15-9-4-10-16-24/h2-16,19H,17-18,20H2,1H3/b21-19-. The molecule has 0 aliphatic carbocycles. The van der Waals surface area contributed by atoms with Gasteiger partial charge in [0.1, 0.15) is 0 Å². The topological polar surface area (TPSA) is 0 Å². The average Bonchev–Trinajstić information content (AvgIpc) is 2.69. The van der Waals surface area contributed by atoms with Crippen molar-refractivity contribution in [3.8, 4) is 0 Å². The van der Waals surface area contributed by atoms with Crippen LogP contribution in [0, 0.1) is 0 Å². The minimum Gasteiger partial charge on any atom is -0.0807 e. The van der Waals surface area contributed by atoms with E-state index in [1.54, 1.807) is 0 Å². The zero-order valence-corrected chi connectivity index (χ0v) is 15.7. The van der Waals surface area contributed by atoms with E-state index in [4.69, 9.17) is 0 Å². The number of rotatable bonds is 7. The van der Waals surface area contributed by atoms with Gasteiger partial charge in [-0.2, -0.15) is 0 Å². The fraction of sp³-hybridized carbons (Fsp3) is 0.167. The van der Waals surface area contributed by atoms with Crippen molar-refractivity contribution in [1.82, 2.24) is 0 Å². The molecular formula is C24H25P. The zero-order chi connectivity index (χ0) is 17.3. The van der Waals surface area contributed by atoms with Crippen LogP contribution in [0.3, 0.4) is 0 Å². The number of hydrogen-bond acceptors (Lipinski definition) is 0. The third kappa shape index (κ3) is 5.41. The van der Waals surface area contributed by atoms with Crippen molar-refractivity contribution in [1.29, 1.82) is 0 Å². The lowest BCUT2D eigenvalue weighted by Gasteiger charge is -2.17. The predicted molar refractivity (Wildman–Crippen MR) is 112 cm³/mol. The molecule has 0 spiro atoms. The molecule has 0 atom stereocenters. The molecule has 0 amide bonds. The number of allylic oxidation sites excluding steroid dienone is 2. The highest BCUT2D eigenvalue weighted by Crippen LogP contribution is 2.33. The molecule has 0 aliphatic heterocycles. The van der Waals surface area contributed by atoms with Crippen LogP contribution in [0.5, 0.6) is 0 Å². The van der Waals surface area contributed by atoms with Gasteiger partial charge in [-0.3, -0.25) is 0 Å². The summed E-state index contributed by atoms with van der Waals surface area (Å²) in [4.78, 5) is 0. The van der Waals surface area contributed by atoms with Crippen molar-refractivity contribution in [2.24, 2.45) is 0 Å². The zero-order valence-electron chi connectivity index (χ0n) is 14.8. The number of benzene rings is 3. The van der Waals surface area contributed by atoms with Gasteiger partial charge in [-0.15, -0.1) is 0 Å². The van der Waals surface area contributed by atoms with Gasteiger partial charge in [0, 0.05) is 0 Å². The molecule has 1 heteroatoms. The van der Waals surface area contributed by atoms with E-state index in [0.717, 1.165) is 19.0 Å². The van der Waals surface area contributed by atoms with Gasteiger partial charge in [0.25, 0.3) is 0 Å². The summed E-state index contributed by atoms with van der Waals surface area (Å²) >= 11 is 0. The van der Waals surface area contributed by atoms with Crippen molar-refractivity contribution >= 4 is 18.5 Å². The highest BCUT2D eigenvalue weighted by Gasteiger charge is 2.11. The summed E-state index contributed by atoms with van der Waals surface area (Å²) in [7, 11) is -0.325. The molecule has 0 aromatic heterocycles. The normalized spacial score (nSPS) is 11.7. The lowest BCUT2D eigenvalue weighted by molar-refractivity contribution is 0.938. The van der Waals surface area contributed by atoms with Gasteiger partial charge in [-0.05, 0) is 50.0 Å². The van der Waals surface area contributed by atoms with Crippen LogP contribution in [0.1, 0.15) is 18.9 Å². The quantitative estimate of drug-likeness (QED) is 0.381. The van der Waals surface area contributed by atoms with Crippen molar-refractivity contribution in [2.45, 2.75) is 19.8 Å². The van der Waals surface area contributed by atoms with Crippen molar-refractivity contribution < 1.29 is 0 Å². The summed E-state index contributed by atoms with van der Waals surface area (Å²) in [5, 5.41) is 2.91. The molecule has 126 valence electrons. The maximum Gasteiger partial charge on any atom is -0.00616 e. The Balaban J connectivity index is 1.70. The summed E-state index contributed by atoms with van der Waals surface area (Å²) in [6.45, 7) is 2.27. The minimum atomic E-state index is -0.325. The minimum absolute atomic E-state index is 0.325. The first-order valence-electron chi connectivity index (χ1n) is 8.90. The maximum atomic E-state index is 2.45. The largest absolute Gasteiger partial charge is 0.0807 e. The molecule has 3 rings (SSSR count). The first kappa shape index (κ1) is 17.6. The number of aryl methyl sites for hydroxylation is 1. The molecular weight excluding hydrogens is 319 g/mol. The summed E-state index contributed by atoms with van der Waals surface area (Å²) in [5.41, 5.74) is 2.91. The van der Waals surface area contributed by atoms with Crippen molar-refractivity contribution in [3.05, 3.63) is 108 Å². The van der Waals surface area contributed by atoms with Gasteiger partial charge in [-0.1, -0.05) is 103 Å². The molecule has 0 bridgehead atoms. The summed E-state index contributed by atoms with van der Waals surface area (Å²) in [5.74, 6) is 0. The second-order valence-electron chi connectivity index (χ2n) is 6.32. The molecule has 0 saturated heterocycles. The smallest absolute Gasteiger partial charge is 0.00616 e. The van der Waals surface area contributed by atoms with E-state index in [9.17, 15) is 0 Å². The Bertz CT molecular complexity index is 737. The first-order chi connectivity index (χ1) is 12.3. The molecule has 0 heterocycles. The van der Waals surface area contributed by atoms with Gasteiger partial charge in [-0.25, -0.2) is 0 Å². The van der Waals surface area contributed by atoms with Gasteiger partial charge in [0.2, 0.25) is 0 Å². The SMILES string of the molecule is C/C(=C/CP(c1ccccc1)c1ccccc1)CCc1ccccc1. The van der Waals surface area contributed by atoms with Crippen LogP contribution in [0.15, 0.2) is 103 Å². The Morgan fingerprint density at radius 1 is 0.720 bits per heavy atom. The fourth-order valence-corrected chi connectivity index (χ4v) is 5.19. The molecule has 0 aliphatic rings. The lowest BCUT2D eigenvalue weighted by Crippen LogP contribution is -2.13. The first-order valence-corrected chi connectivity index (χ1v) is 10.4. The van der Waals surface area contributed by atoms with Gasteiger partial charge in [0.15, 0.2) is 0 Å². The van der Waals surface area contributed by atoms with E-state index in [1.165, 1.54) is 21.7 Å². The van der Waals surface area contributed by atoms with E-state index >= 15 is 0 Å². The second kappa shape index (κ2) is 9.35. The average molecular weight is 344 g/mol. The van der Waals surface area contributed by atoms with Crippen LogP contribution < -0.4 is 10.6 Å². The lowest BCUT2D eigenvalue weighted by atomic mass is 10.1. The summed E-state index contributed by atoms with van der Waals surface area (Å²) in [6, 6.07) is 32.7. The Labute approximate surface area is 153 Å². The Morgan fingerprint density at radius 2 is 1.20 bits per heavy atom. The van der Waals surface area contributed by atoms with Gasteiger partial charge in [0.05, 0.1) is 0 Å². The molecule has 3 aromatic carbocycles. The van der Waals surface area contributed by atoms with Crippen LogP contribution in [-0.4, -0.2) is 6.16 Å². The number of hydrogen-bond donors (Lipinski definition) is 0. The highest BCUT2D eigenvalue weighted by molar-refractivity contribution is 7.73. The Kier molecular flexibility index (Phi) is 6.60. The predicted octanol–water partition coefficient (Wildman–Crippen LogP) is 5.70. The van der Waals surface area contributed by atoms with E-state index in [0.29, 0.717) is 0 Å². The van der Waals surface area contributed by atoms with Crippen LogP contribution >= 0.6 is 7.92 Å². The summed E-state index contributed by atoms with van der Waals surface area (Å²) < 4.78 is 0. The molecule has 0 saturated carbocycles. The van der Waals surface area contributed by atoms with Crippen LogP contribution in [-0.2, 0) is 6.42 Å². The molecule has 0 unspecified atom stereocenters. The monoisotopic (exact) mass is 344 g/mol. The van der Waals surface area contributed by atoms with E-state index in [-0.39, 0.29) is 7.92 Å². The van der Waals surface area contributed by atoms with Crippen LogP contribution in [0.25, 0.3) is 0 Å². The van der Waals surface area contributed by atoms with Crippen molar-refractivity contribution in [3.63, 3.8) is 0 Å².